The summed E-state index contributed by atoms with van der Waals surface area (Å²) in [5.74, 6) is -0.194. The van der Waals surface area contributed by atoms with Gasteiger partial charge >= 0.3 is 0 Å². The molecule has 1 rings (SSSR count). The number of hydrogen-bond acceptors (Lipinski definition) is 3. The van der Waals surface area contributed by atoms with E-state index in [9.17, 15) is 9.59 Å². The molecular formula is C14H27N3O2. The Morgan fingerprint density at radius 2 is 2.00 bits per heavy atom. The number of rotatable bonds is 4. The van der Waals surface area contributed by atoms with E-state index in [0.29, 0.717) is 0 Å². The zero-order valence-electron chi connectivity index (χ0n) is 12.5. The molecule has 5 heteroatoms. The molecule has 3 N–H and O–H groups in total. The molecule has 1 saturated heterocycles. The maximum Gasteiger partial charge on any atom is 0.241 e. The molecule has 0 aromatic heterocycles. The molecule has 0 bridgehead atoms. The number of hydrogen-bond donors (Lipinski definition) is 2. The van der Waals surface area contributed by atoms with Crippen molar-refractivity contribution in [3.8, 4) is 0 Å². The van der Waals surface area contributed by atoms with Gasteiger partial charge in [-0.3, -0.25) is 9.59 Å². The summed E-state index contributed by atoms with van der Waals surface area (Å²) in [6.45, 7) is 9.71. The molecule has 110 valence electrons. The highest BCUT2D eigenvalue weighted by Crippen LogP contribution is 2.28. The average molecular weight is 269 g/mol. The van der Waals surface area contributed by atoms with Gasteiger partial charge in [-0.1, -0.05) is 27.7 Å². The van der Waals surface area contributed by atoms with E-state index >= 15 is 0 Å². The Bertz CT molecular complexity index is 340. The monoisotopic (exact) mass is 269 g/mol. The van der Waals surface area contributed by atoms with Crippen LogP contribution in [0.5, 0.6) is 0 Å². The summed E-state index contributed by atoms with van der Waals surface area (Å²) in [6, 6.07) is -0.550. The zero-order valence-corrected chi connectivity index (χ0v) is 12.5. The molecule has 0 aliphatic carbocycles. The first-order valence-corrected chi connectivity index (χ1v) is 7.04. The van der Waals surface area contributed by atoms with Gasteiger partial charge in [-0.05, 0) is 24.2 Å². The summed E-state index contributed by atoms with van der Waals surface area (Å²) < 4.78 is 0. The molecule has 1 fully saturated rings. The summed E-state index contributed by atoms with van der Waals surface area (Å²) in [5, 5.41) is 2.63. The third-order valence-corrected chi connectivity index (χ3v) is 3.69. The molecule has 1 aliphatic rings. The Morgan fingerprint density at radius 1 is 1.37 bits per heavy atom. The third-order valence-electron chi connectivity index (χ3n) is 3.69. The first-order valence-electron chi connectivity index (χ1n) is 7.04. The fourth-order valence-electron chi connectivity index (χ4n) is 2.33. The summed E-state index contributed by atoms with van der Waals surface area (Å²) in [5.41, 5.74) is 5.90. The summed E-state index contributed by atoms with van der Waals surface area (Å²) >= 11 is 0. The largest absolute Gasteiger partial charge is 0.346 e. The van der Waals surface area contributed by atoms with Crippen LogP contribution in [0.4, 0.5) is 0 Å². The van der Waals surface area contributed by atoms with Crippen LogP contribution < -0.4 is 11.1 Å². The Morgan fingerprint density at radius 3 is 2.53 bits per heavy atom. The molecule has 0 unspecified atom stereocenters. The molecule has 0 aromatic carbocycles. The van der Waals surface area contributed by atoms with Crippen LogP contribution in [0.3, 0.4) is 0 Å². The minimum atomic E-state index is -0.550. The summed E-state index contributed by atoms with van der Waals surface area (Å²) in [6.07, 6.45) is 2.17. The van der Waals surface area contributed by atoms with Gasteiger partial charge in [-0.25, -0.2) is 0 Å². The lowest BCUT2D eigenvalue weighted by atomic mass is 9.84. The van der Waals surface area contributed by atoms with Gasteiger partial charge < -0.3 is 16.0 Å². The fourth-order valence-corrected chi connectivity index (χ4v) is 2.33. The van der Waals surface area contributed by atoms with Crippen LogP contribution in [0.1, 0.15) is 40.5 Å². The molecule has 0 aromatic rings. The van der Waals surface area contributed by atoms with Gasteiger partial charge in [0.1, 0.15) is 0 Å². The van der Waals surface area contributed by atoms with Crippen molar-refractivity contribution < 1.29 is 9.59 Å². The maximum atomic E-state index is 12.1. The maximum absolute atomic E-state index is 12.1. The van der Waals surface area contributed by atoms with Crippen molar-refractivity contribution in [2.75, 3.05) is 19.6 Å². The minimum absolute atomic E-state index is 0.0166. The quantitative estimate of drug-likeness (QED) is 0.790. The van der Waals surface area contributed by atoms with Crippen molar-refractivity contribution in [1.82, 2.24) is 10.2 Å². The SMILES string of the molecule is CC(C)[C@H](N)C(=O)NCC(=O)N1CCCC(C)(C)C1. The Labute approximate surface area is 115 Å². The summed E-state index contributed by atoms with van der Waals surface area (Å²) in [7, 11) is 0. The van der Waals surface area contributed by atoms with Crippen LogP contribution in [-0.4, -0.2) is 42.4 Å². The van der Waals surface area contributed by atoms with Crippen LogP contribution in [-0.2, 0) is 9.59 Å². The highest BCUT2D eigenvalue weighted by molar-refractivity contribution is 5.87. The molecule has 1 heterocycles. The van der Waals surface area contributed by atoms with E-state index in [2.05, 4.69) is 19.2 Å². The second kappa shape index (κ2) is 6.37. The van der Waals surface area contributed by atoms with Gasteiger partial charge in [0.25, 0.3) is 0 Å². The molecular weight excluding hydrogens is 242 g/mol. The Kier molecular flexibility index (Phi) is 5.35. The summed E-state index contributed by atoms with van der Waals surface area (Å²) in [4.78, 5) is 25.6. The fraction of sp³-hybridized carbons (Fsp3) is 0.857. The van der Waals surface area contributed by atoms with Gasteiger partial charge in [0.2, 0.25) is 11.8 Å². The lowest BCUT2D eigenvalue weighted by Gasteiger charge is -2.38. The van der Waals surface area contributed by atoms with E-state index in [0.717, 1.165) is 25.9 Å². The number of nitrogens with two attached hydrogens (primary N) is 1. The number of carbonyl (C=O) groups is 2. The number of nitrogens with one attached hydrogen (secondary N) is 1. The molecule has 1 aliphatic heterocycles. The van der Waals surface area contributed by atoms with E-state index in [-0.39, 0.29) is 29.7 Å². The van der Waals surface area contributed by atoms with Crippen LogP contribution >= 0.6 is 0 Å². The molecule has 5 nitrogen and oxygen atoms in total. The van der Waals surface area contributed by atoms with Crippen LogP contribution in [0, 0.1) is 11.3 Å². The third kappa shape index (κ3) is 4.82. The first kappa shape index (κ1) is 16.0. The van der Waals surface area contributed by atoms with E-state index < -0.39 is 6.04 Å². The average Bonchev–Trinajstić information content (AvgIpc) is 2.33. The highest BCUT2D eigenvalue weighted by atomic mass is 16.2. The number of piperidine rings is 1. The van der Waals surface area contributed by atoms with Crippen molar-refractivity contribution >= 4 is 11.8 Å². The smallest absolute Gasteiger partial charge is 0.241 e. The predicted molar refractivity (Wildman–Crippen MR) is 75.4 cm³/mol. The van der Waals surface area contributed by atoms with Crippen molar-refractivity contribution in [3.05, 3.63) is 0 Å². The Balaban J connectivity index is 2.41. The van der Waals surface area contributed by atoms with Crippen molar-refractivity contribution in [3.63, 3.8) is 0 Å². The topological polar surface area (TPSA) is 75.4 Å². The predicted octanol–water partition coefficient (Wildman–Crippen LogP) is 0.735. The van der Waals surface area contributed by atoms with Crippen LogP contribution in [0.25, 0.3) is 0 Å². The molecule has 2 amide bonds. The van der Waals surface area contributed by atoms with Crippen molar-refractivity contribution in [1.29, 1.82) is 0 Å². The lowest BCUT2D eigenvalue weighted by Crippen LogP contribution is -2.50. The zero-order chi connectivity index (χ0) is 14.6. The molecule has 0 spiro atoms. The van der Waals surface area contributed by atoms with Gasteiger partial charge in [0.15, 0.2) is 0 Å². The van der Waals surface area contributed by atoms with E-state index in [1.165, 1.54) is 0 Å². The van der Waals surface area contributed by atoms with Gasteiger partial charge in [-0.2, -0.15) is 0 Å². The standard InChI is InChI=1S/C14H27N3O2/c1-10(2)12(15)13(19)16-8-11(18)17-7-5-6-14(3,4)9-17/h10,12H,5-9,15H2,1-4H3,(H,16,19)/t12-/m0/s1. The number of nitrogens with zero attached hydrogens (tertiary/aromatic N) is 1. The van der Waals surface area contributed by atoms with Gasteiger partial charge in [-0.15, -0.1) is 0 Å². The number of likely N-dealkylation sites (tertiary alicyclic amines) is 1. The lowest BCUT2D eigenvalue weighted by molar-refractivity contribution is -0.135. The van der Waals surface area contributed by atoms with Gasteiger partial charge in [0, 0.05) is 13.1 Å². The molecule has 0 saturated carbocycles. The molecule has 0 radical (unpaired) electrons. The van der Waals surface area contributed by atoms with Crippen LogP contribution in [0.15, 0.2) is 0 Å². The number of carbonyl (C=O) groups excluding carboxylic acids is 2. The normalized spacial score (nSPS) is 20.2. The van der Waals surface area contributed by atoms with Crippen molar-refractivity contribution in [2.45, 2.75) is 46.6 Å². The Hall–Kier alpha value is -1.10. The van der Waals surface area contributed by atoms with Gasteiger partial charge in [0.05, 0.1) is 12.6 Å². The first-order chi connectivity index (χ1) is 8.73. The van der Waals surface area contributed by atoms with Crippen molar-refractivity contribution in [2.24, 2.45) is 17.1 Å². The van der Waals surface area contributed by atoms with E-state index in [1.807, 2.05) is 18.7 Å². The second-order valence-electron chi connectivity index (χ2n) is 6.57. The van der Waals surface area contributed by atoms with E-state index in [1.54, 1.807) is 0 Å². The molecule has 1 atom stereocenters. The number of amides is 2. The highest BCUT2D eigenvalue weighted by Gasteiger charge is 2.29. The minimum Gasteiger partial charge on any atom is -0.346 e. The molecule has 19 heavy (non-hydrogen) atoms. The second-order valence-corrected chi connectivity index (χ2v) is 6.57. The van der Waals surface area contributed by atoms with E-state index in [4.69, 9.17) is 5.73 Å². The van der Waals surface area contributed by atoms with Crippen LogP contribution in [0.2, 0.25) is 0 Å².